The van der Waals surface area contributed by atoms with E-state index in [1.165, 1.54) is 13.3 Å². The zero-order chi connectivity index (χ0) is 18.2. The second-order valence-corrected chi connectivity index (χ2v) is 5.89. The molecule has 0 radical (unpaired) electrons. The number of amides is 1. The molecule has 0 saturated heterocycles. The number of benzene rings is 1. The highest BCUT2D eigenvalue weighted by atomic mass is 16.5. The number of nitrogens with zero attached hydrogens (tertiary/aromatic N) is 1. The van der Waals surface area contributed by atoms with Gasteiger partial charge in [0.15, 0.2) is 0 Å². The van der Waals surface area contributed by atoms with Gasteiger partial charge in [-0.25, -0.2) is 4.79 Å². The van der Waals surface area contributed by atoms with Crippen LogP contribution in [0.4, 0.5) is 10.5 Å². The molecule has 1 aromatic carbocycles. The Morgan fingerprint density at radius 1 is 1.16 bits per heavy atom. The Morgan fingerprint density at radius 2 is 1.88 bits per heavy atom. The number of carbonyl (C=O) groups excluding carboxylic acids is 2. The molecule has 0 fully saturated rings. The molecule has 1 aromatic heterocycles. The van der Waals surface area contributed by atoms with Crippen LogP contribution in [-0.4, -0.2) is 24.2 Å². The number of hydrogen-bond donors (Lipinski definition) is 1. The molecule has 1 atom stereocenters. The maximum Gasteiger partial charge on any atom is 0.412 e. The van der Waals surface area contributed by atoms with Crippen molar-refractivity contribution in [3.8, 4) is 0 Å². The summed E-state index contributed by atoms with van der Waals surface area (Å²) in [6.45, 7) is 3.99. The van der Waals surface area contributed by atoms with Crippen LogP contribution in [0.5, 0.6) is 0 Å². The number of rotatable bonds is 6. The Balaban J connectivity index is 2.11. The third kappa shape index (κ3) is 5.04. The van der Waals surface area contributed by atoms with Gasteiger partial charge in [0.25, 0.3) is 0 Å². The lowest BCUT2D eigenvalue weighted by Gasteiger charge is -2.21. The Morgan fingerprint density at radius 3 is 2.52 bits per heavy atom. The van der Waals surface area contributed by atoms with E-state index in [1.807, 2.05) is 44.2 Å². The van der Waals surface area contributed by atoms with Crippen molar-refractivity contribution in [2.75, 3.05) is 12.4 Å². The summed E-state index contributed by atoms with van der Waals surface area (Å²) in [4.78, 5) is 28.2. The van der Waals surface area contributed by atoms with Crippen LogP contribution >= 0.6 is 0 Å². The molecule has 0 aliphatic carbocycles. The van der Waals surface area contributed by atoms with E-state index < -0.39 is 12.0 Å². The monoisotopic (exact) mass is 342 g/mol. The molecule has 2 aromatic rings. The lowest BCUT2D eigenvalue weighted by molar-refractivity contribution is -0.143. The van der Waals surface area contributed by atoms with Gasteiger partial charge in [-0.1, -0.05) is 44.2 Å². The van der Waals surface area contributed by atoms with Crippen molar-refractivity contribution in [3.63, 3.8) is 0 Å². The van der Waals surface area contributed by atoms with Gasteiger partial charge in [0.2, 0.25) is 0 Å². The van der Waals surface area contributed by atoms with Crippen molar-refractivity contribution < 1.29 is 19.1 Å². The van der Waals surface area contributed by atoms with Gasteiger partial charge < -0.3 is 9.47 Å². The van der Waals surface area contributed by atoms with Crippen molar-refractivity contribution in [1.29, 1.82) is 0 Å². The summed E-state index contributed by atoms with van der Waals surface area (Å²) < 4.78 is 10.1. The first-order valence-corrected chi connectivity index (χ1v) is 8.02. The first-order valence-electron chi connectivity index (χ1n) is 8.02. The Kier molecular flexibility index (Phi) is 6.51. The molecule has 25 heavy (non-hydrogen) atoms. The number of pyridine rings is 1. The van der Waals surface area contributed by atoms with E-state index in [0.717, 1.165) is 5.56 Å². The SMILES string of the molecule is COC(=O)C(c1ccncc1NC(=O)OCc1ccccc1)C(C)C. The Hall–Kier alpha value is -2.89. The van der Waals surface area contributed by atoms with Crippen LogP contribution in [0.3, 0.4) is 0 Å². The van der Waals surface area contributed by atoms with E-state index in [-0.39, 0.29) is 18.5 Å². The molecule has 0 saturated carbocycles. The number of hydrogen-bond acceptors (Lipinski definition) is 5. The van der Waals surface area contributed by atoms with Gasteiger partial charge in [-0.15, -0.1) is 0 Å². The van der Waals surface area contributed by atoms with Crippen molar-refractivity contribution in [3.05, 3.63) is 59.9 Å². The number of aromatic nitrogens is 1. The minimum Gasteiger partial charge on any atom is -0.469 e. The summed E-state index contributed by atoms with van der Waals surface area (Å²) in [6, 6.07) is 11.1. The lowest BCUT2D eigenvalue weighted by Crippen LogP contribution is -2.22. The highest BCUT2D eigenvalue weighted by Crippen LogP contribution is 2.31. The van der Waals surface area contributed by atoms with Crippen LogP contribution < -0.4 is 5.32 Å². The summed E-state index contributed by atoms with van der Waals surface area (Å²) in [6.07, 6.45) is 2.47. The molecule has 1 N–H and O–H groups in total. The highest BCUT2D eigenvalue weighted by molar-refractivity contribution is 5.88. The largest absolute Gasteiger partial charge is 0.469 e. The molecule has 2 rings (SSSR count). The fourth-order valence-electron chi connectivity index (χ4n) is 2.54. The summed E-state index contributed by atoms with van der Waals surface area (Å²) in [5.74, 6) is -0.866. The van der Waals surface area contributed by atoms with E-state index in [2.05, 4.69) is 10.3 Å². The van der Waals surface area contributed by atoms with Crippen LogP contribution in [-0.2, 0) is 20.9 Å². The molecule has 6 nitrogen and oxygen atoms in total. The smallest absolute Gasteiger partial charge is 0.412 e. The molecule has 1 unspecified atom stereocenters. The molecular formula is C19H22N2O4. The van der Waals surface area contributed by atoms with Gasteiger partial charge in [-0.05, 0) is 23.1 Å². The lowest BCUT2D eigenvalue weighted by atomic mass is 9.88. The normalized spacial score (nSPS) is 11.7. The number of methoxy groups -OCH3 is 1. The van der Waals surface area contributed by atoms with Crippen molar-refractivity contribution in [2.24, 2.45) is 5.92 Å². The molecule has 1 heterocycles. The van der Waals surface area contributed by atoms with E-state index in [0.29, 0.717) is 11.3 Å². The van der Waals surface area contributed by atoms with Gasteiger partial charge in [0, 0.05) is 6.20 Å². The number of anilines is 1. The summed E-state index contributed by atoms with van der Waals surface area (Å²) in [5, 5.41) is 2.66. The van der Waals surface area contributed by atoms with Gasteiger partial charge in [0.1, 0.15) is 6.61 Å². The first kappa shape index (κ1) is 18.4. The number of esters is 1. The average Bonchev–Trinajstić information content (AvgIpc) is 2.62. The minimum absolute atomic E-state index is 0.00395. The van der Waals surface area contributed by atoms with Gasteiger partial charge in [-0.2, -0.15) is 0 Å². The first-order chi connectivity index (χ1) is 12.0. The van der Waals surface area contributed by atoms with Crippen LogP contribution in [0, 0.1) is 5.92 Å². The molecule has 6 heteroatoms. The molecule has 132 valence electrons. The van der Waals surface area contributed by atoms with Gasteiger partial charge in [0.05, 0.1) is 24.9 Å². The van der Waals surface area contributed by atoms with Crippen molar-refractivity contribution in [1.82, 2.24) is 4.98 Å². The Bertz CT molecular complexity index is 716. The topological polar surface area (TPSA) is 77.5 Å². The quantitative estimate of drug-likeness (QED) is 0.809. The molecule has 0 aliphatic rings. The molecule has 1 amide bonds. The second-order valence-electron chi connectivity index (χ2n) is 5.89. The number of ether oxygens (including phenoxy) is 2. The van der Waals surface area contributed by atoms with Crippen molar-refractivity contribution >= 4 is 17.7 Å². The molecule has 0 bridgehead atoms. The van der Waals surface area contributed by atoms with Crippen LogP contribution in [0.15, 0.2) is 48.8 Å². The molecule has 0 aliphatic heterocycles. The minimum atomic E-state index is -0.606. The summed E-state index contributed by atoms with van der Waals surface area (Å²) in [5.41, 5.74) is 1.97. The fourth-order valence-corrected chi connectivity index (χ4v) is 2.54. The van der Waals surface area contributed by atoms with Crippen LogP contribution in [0.1, 0.15) is 30.9 Å². The summed E-state index contributed by atoms with van der Waals surface area (Å²) >= 11 is 0. The molecule has 0 spiro atoms. The summed E-state index contributed by atoms with van der Waals surface area (Å²) in [7, 11) is 1.35. The predicted molar refractivity (Wildman–Crippen MR) is 94.1 cm³/mol. The van der Waals surface area contributed by atoms with E-state index >= 15 is 0 Å². The number of carbonyl (C=O) groups is 2. The zero-order valence-electron chi connectivity index (χ0n) is 14.6. The van der Waals surface area contributed by atoms with Gasteiger partial charge in [-0.3, -0.25) is 15.1 Å². The second kappa shape index (κ2) is 8.82. The maximum absolute atomic E-state index is 12.1. The van der Waals surface area contributed by atoms with Gasteiger partial charge >= 0.3 is 12.1 Å². The van der Waals surface area contributed by atoms with Crippen LogP contribution in [0.25, 0.3) is 0 Å². The fraction of sp³-hybridized carbons (Fsp3) is 0.316. The van der Waals surface area contributed by atoms with Crippen LogP contribution in [0.2, 0.25) is 0 Å². The number of nitrogens with one attached hydrogen (secondary N) is 1. The molecular weight excluding hydrogens is 320 g/mol. The average molecular weight is 342 g/mol. The Labute approximate surface area is 147 Å². The zero-order valence-corrected chi connectivity index (χ0v) is 14.6. The van der Waals surface area contributed by atoms with E-state index in [1.54, 1.807) is 12.3 Å². The van der Waals surface area contributed by atoms with E-state index in [9.17, 15) is 9.59 Å². The third-order valence-electron chi connectivity index (χ3n) is 3.76. The van der Waals surface area contributed by atoms with Crippen molar-refractivity contribution in [2.45, 2.75) is 26.4 Å². The maximum atomic E-state index is 12.1. The van der Waals surface area contributed by atoms with E-state index in [4.69, 9.17) is 9.47 Å². The third-order valence-corrected chi connectivity index (χ3v) is 3.76. The standard InChI is InChI=1S/C19H22N2O4/c1-13(2)17(18(22)24-3)15-9-10-20-11-16(15)21-19(23)25-12-14-7-5-4-6-8-14/h4-11,13,17H,12H2,1-3H3,(H,21,23). The predicted octanol–water partition coefficient (Wildman–Crippen LogP) is 3.74. The highest BCUT2D eigenvalue weighted by Gasteiger charge is 2.28.